The van der Waals surface area contributed by atoms with Crippen LogP contribution in [0.3, 0.4) is 0 Å². The molecule has 1 fully saturated rings. The van der Waals surface area contributed by atoms with Crippen LogP contribution in [0, 0.1) is 5.82 Å². The fourth-order valence-electron chi connectivity index (χ4n) is 3.98. The van der Waals surface area contributed by atoms with Gasteiger partial charge >= 0.3 is 0 Å². The van der Waals surface area contributed by atoms with Crippen molar-refractivity contribution < 1.29 is 23.6 Å². The summed E-state index contributed by atoms with van der Waals surface area (Å²) in [5.74, 6) is 0.735. The van der Waals surface area contributed by atoms with Gasteiger partial charge in [0.15, 0.2) is 11.5 Å². The number of halogens is 1. The molecule has 0 aromatic heterocycles. The number of hydrogen-bond acceptors (Lipinski definition) is 3. The zero-order valence-corrected chi connectivity index (χ0v) is 18.2. The number of carbonyl (C=O) groups excluding carboxylic acids is 1. The van der Waals surface area contributed by atoms with Crippen LogP contribution in [0.4, 0.5) is 4.39 Å². The van der Waals surface area contributed by atoms with Crippen molar-refractivity contribution in [2.45, 2.75) is 13.2 Å². The van der Waals surface area contributed by atoms with Gasteiger partial charge < -0.3 is 19.3 Å². The molecule has 6 heteroatoms. The summed E-state index contributed by atoms with van der Waals surface area (Å²) in [5.41, 5.74) is 2.39. The van der Waals surface area contributed by atoms with Crippen LogP contribution >= 0.6 is 0 Å². The SMILES string of the molecule is COc1ccc(C[NH+]2CCN(C(=O)c3ccccc3F)CC2)cc1OCc1ccccc1. The van der Waals surface area contributed by atoms with Crippen LogP contribution in [0.5, 0.6) is 11.5 Å². The second-order valence-corrected chi connectivity index (χ2v) is 7.96. The lowest BCUT2D eigenvalue weighted by molar-refractivity contribution is -0.917. The standard InChI is InChI=1S/C26H27FN2O3/c1-31-24-12-11-21(17-25(24)32-19-20-7-3-2-4-8-20)18-28-13-15-29(16-14-28)26(30)22-9-5-6-10-23(22)27/h2-12,17H,13-16,18-19H2,1H3/p+1. The minimum absolute atomic E-state index is 0.145. The quantitative estimate of drug-likeness (QED) is 0.621. The Kier molecular flexibility index (Phi) is 7.02. The normalized spacial score (nSPS) is 14.2. The predicted molar refractivity (Wildman–Crippen MR) is 120 cm³/mol. The molecule has 0 unspecified atom stereocenters. The van der Waals surface area contributed by atoms with E-state index < -0.39 is 5.82 Å². The van der Waals surface area contributed by atoms with Gasteiger partial charge in [0.05, 0.1) is 38.9 Å². The molecule has 1 saturated heterocycles. The molecule has 0 aliphatic carbocycles. The van der Waals surface area contributed by atoms with E-state index in [1.165, 1.54) is 11.0 Å². The average molecular weight is 436 g/mol. The first kappa shape index (κ1) is 21.8. The average Bonchev–Trinajstić information content (AvgIpc) is 2.84. The minimum Gasteiger partial charge on any atom is -0.493 e. The van der Waals surface area contributed by atoms with Gasteiger partial charge in [-0.15, -0.1) is 0 Å². The van der Waals surface area contributed by atoms with Gasteiger partial charge in [0, 0.05) is 5.56 Å². The maximum Gasteiger partial charge on any atom is 0.257 e. The highest BCUT2D eigenvalue weighted by Crippen LogP contribution is 2.28. The second-order valence-electron chi connectivity index (χ2n) is 7.96. The Labute approximate surface area is 188 Å². The van der Waals surface area contributed by atoms with Crippen LogP contribution in [0.25, 0.3) is 0 Å². The summed E-state index contributed by atoms with van der Waals surface area (Å²) in [6.07, 6.45) is 0. The Morgan fingerprint density at radius 2 is 1.66 bits per heavy atom. The van der Waals surface area contributed by atoms with Gasteiger partial charge in [0.2, 0.25) is 0 Å². The van der Waals surface area contributed by atoms with E-state index in [4.69, 9.17) is 9.47 Å². The Morgan fingerprint density at radius 3 is 2.38 bits per heavy atom. The summed E-state index contributed by atoms with van der Waals surface area (Å²) < 4.78 is 25.4. The summed E-state index contributed by atoms with van der Waals surface area (Å²) in [5, 5.41) is 0. The zero-order valence-electron chi connectivity index (χ0n) is 18.2. The first-order chi connectivity index (χ1) is 15.6. The zero-order chi connectivity index (χ0) is 22.3. The lowest BCUT2D eigenvalue weighted by Gasteiger charge is -2.32. The Bertz CT molecular complexity index is 1050. The first-order valence-corrected chi connectivity index (χ1v) is 10.8. The minimum atomic E-state index is -0.464. The number of quaternary nitrogens is 1. The van der Waals surface area contributed by atoms with Gasteiger partial charge in [-0.2, -0.15) is 0 Å². The fourth-order valence-corrected chi connectivity index (χ4v) is 3.98. The molecule has 3 aromatic rings. The molecule has 166 valence electrons. The maximum atomic E-state index is 14.0. The lowest BCUT2D eigenvalue weighted by atomic mass is 10.1. The number of rotatable bonds is 7. The highest BCUT2D eigenvalue weighted by molar-refractivity contribution is 5.94. The molecule has 0 spiro atoms. The molecule has 4 rings (SSSR count). The number of hydrogen-bond donors (Lipinski definition) is 1. The molecule has 32 heavy (non-hydrogen) atoms. The van der Waals surface area contributed by atoms with Crippen molar-refractivity contribution in [2.24, 2.45) is 0 Å². The number of ether oxygens (including phenoxy) is 2. The van der Waals surface area contributed by atoms with Gasteiger partial charge in [-0.1, -0.05) is 42.5 Å². The maximum absolute atomic E-state index is 14.0. The van der Waals surface area contributed by atoms with Gasteiger partial charge in [-0.3, -0.25) is 4.79 Å². The molecule has 1 aliphatic heterocycles. The van der Waals surface area contributed by atoms with E-state index in [1.54, 1.807) is 30.2 Å². The molecular weight excluding hydrogens is 407 g/mol. The summed E-state index contributed by atoms with van der Waals surface area (Å²) in [6, 6.07) is 22.2. The van der Waals surface area contributed by atoms with Gasteiger partial charge in [0.25, 0.3) is 5.91 Å². The van der Waals surface area contributed by atoms with Gasteiger partial charge in [0.1, 0.15) is 19.0 Å². The molecule has 1 amide bonds. The van der Waals surface area contributed by atoms with Crippen molar-refractivity contribution in [1.82, 2.24) is 4.90 Å². The molecule has 3 aromatic carbocycles. The van der Waals surface area contributed by atoms with Gasteiger partial charge in [-0.05, 0) is 35.9 Å². The fraction of sp³-hybridized carbons (Fsp3) is 0.269. The molecule has 0 atom stereocenters. The van der Waals surface area contributed by atoms with E-state index in [0.717, 1.165) is 36.5 Å². The highest BCUT2D eigenvalue weighted by Gasteiger charge is 2.26. The molecule has 1 N–H and O–H groups in total. The van der Waals surface area contributed by atoms with Crippen LogP contribution in [-0.4, -0.2) is 44.1 Å². The number of methoxy groups -OCH3 is 1. The van der Waals surface area contributed by atoms with E-state index >= 15 is 0 Å². The van der Waals surface area contributed by atoms with Crippen molar-refractivity contribution >= 4 is 5.91 Å². The number of nitrogens with one attached hydrogen (secondary N) is 1. The Hall–Kier alpha value is -3.38. The van der Waals surface area contributed by atoms with E-state index in [1.807, 2.05) is 42.5 Å². The Morgan fingerprint density at radius 1 is 0.938 bits per heavy atom. The van der Waals surface area contributed by atoms with Crippen LogP contribution < -0.4 is 14.4 Å². The number of carbonyl (C=O) groups is 1. The van der Waals surface area contributed by atoms with Crippen molar-refractivity contribution in [3.63, 3.8) is 0 Å². The molecule has 0 saturated carbocycles. The number of nitrogens with zero attached hydrogens (tertiary/aromatic N) is 1. The number of amides is 1. The smallest absolute Gasteiger partial charge is 0.257 e. The second kappa shape index (κ2) is 10.3. The van der Waals surface area contributed by atoms with Crippen LogP contribution in [0.1, 0.15) is 21.5 Å². The van der Waals surface area contributed by atoms with Crippen molar-refractivity contribution in [2.75, 3.05) is 33.3 Å². The van der Waals surface area contributed by atoms with Crippen LogP contribution in [0.15, 0.2) is 72.8 Å². The summed E-state index contributed by atoms with van der Waals surface area (Å²) in [4.78, 5) is 15.8. The van der Waals surface area contributed by atoms with Crippen LogP contribution in [-0.2, 0) is 13.2 Å². The van der Waals surface area contributed by atoms with Crippen LogP contribution in [0.2, 0.25) is 0 Å². The van der Waals surface area contributed by atoms with E-state index in [-0.39, 0.29) is 11.5 Å². The van der Waals surface area contributed by atoms with E-state index in [2.05, 4.69) is 6.07 Å². The summed E-state index contributed by atoms with van der Waals surface area (Å²) >= 11 is 0. The number of benzene rings is 3. The summed E-state index contributed by atoms with van der Waals surface area (Å²) in [7, 11) is 1.64. The Balaban J connectivity index is 1.35. The monoisotopic (exact) mass is 435 g/mol. The lowest BCUT2D eigenvalue weighted by Crippen LogP contribution is -3.13. The van der Waals surface area contributed by atoms with E-state index in [9.17, 15) is 9.18 Å². The molecule has 0 bridgehead atoms. The number of piperazine rings is 1. The first-order valence-electron chi connectivity index (χ1n) is 10.8. The third-order valence-electron chi connectivity index (χ3n) is 5.78. The highest BCUT2D eigenvalue weighted by atomic mass is 19.1. The topological polar surface area (TPSA) is 43.2 Å². The molecule has 1 aliphatic rings. The van der Waals surface area contributed by atoms with E-state index in [0.29, 0.717) is 25.4 Å². The largest absolute Gasteiger partial charge is 0.493 e. The third kappa shape index (κ3) is 5.26. The van der Waals surface area contributed by atoms with Gasteiger partial charge in [-0.25, -0.2) is 4.39 Å². The van der Waals surface area contributed by atoms with Crippen molar-refractivity contribution in [1.29, 1.82) is 0 Å². The third-order valence-corrected chi connectivity index (χ3v) is 5.78. The molecular formula is C26H28FN2O3+. The molecule has 1 heterocycles. The predicted octanol–water partition coefficient (Wildman–Crippen LogP) is 2.95. The molecule has 5 nitrogen and oxygen atoms in total. The molecule has 0 radical (unpaired) electrons. The van der Waals surface area contributed by atoms with Crippen molar-refractivity contribution in [3.8, 4) is 11.5 Å². The van der Waals surface area contributed by atoms with Crippen molar-refractivity contribution in [3.05, 3.63) is 95.3 Å². The summed E-state index contributed by atoms with van der Waals surface area (Å²) in [6.45, 7) is 4.14.